The second kappa shape index (κ2) is 13.3. The van der Waals surface area contributed by atoms with Crippen LogP contribution >= 0.6 is 11.6 Å². The summed E-state index contributed by atoms with van der Waals surface area (Å²) in [6.07, 6.45) is 0.677. The van der Waals surface area contributed by atoms with E-state index in [1.807, 2.05) is 20.8 Å². The Hall–Kier alpha value is -3.43. The number of nitrogens with one attached hydrogen (secondary N) is 1. The van der Waals surface area contributed by atoms with Gasteiger partial charge in [-0.25, -0.2) is 12.8 Å². The minimum atomic E-state index is -4.23. The van der Waals surface area contributed by atoms with E-state index in [1.165, 1.54) is 48.2 Å². The van der Waals surface area contributed by atoms with Crippen molar-refractivity contribution in [3.63, 3.8) is 0 Å². The van der Waals surface area contributed by atoms with Gasteiger partial charge < -0.3 is 10.2 Å². The Morgan fingerprint density at radius 2 is 1.65 bits per heavy atom. The van der Waals surface area contributed by atoms with Gasteiger partial charge in [0.15, 0.2) is 0 Å². The Labute approximate surface area is 241 Å². The minimum absolute atomic E-state index is 0.00851. The van der Waals surface area contributed by atoms with Crippen molar-refractivity contribution in [3.05, 3.63) is 94.3 Å². The van der Waals surface area contributed by atoms with Crippen molar-refractivity contribution >= 4 is 39.1 Å². The van der Waals surface area contributed by atoms with Crippen LogP contribution in [-0.4, -0.2) is 43.8 Å². The molecule has 0 saturated heterocycles. The fraction of sp³-hybridized carbons (Fsp3) is 0.333. The number of amides is 2. The number of sulfonamides is 1. The smallest absolute Gasteiger partial charge is 0.264 e. The molecule has 0 bridgehead atoms. The molecule has 0 aliphatic carbocycles. The molecular weight excluding hydrogens is 553 g/mol. The highest BCUT2D eigenvalue weighted by Gasteiger charge is 2.33. The highest BCUT2D eigenvalue weighted by Crippen LogP contribution is 2.29. The summed E-state index contributed by atoms with van der Waals surface area (Å²) in [7, 11) is -4.23. The maximum atomic E-state index is 14.6. The van der Waals surface area contributed by atoms with Crippen LogP contribution in [0.15, 0.2) is 71.6 Å². The Kier molecular flexibility index (Phi) is 10.3. The van der Waals surface area contributed by atoms with Gasteiger partial charge in [0.25, 0.3) is 10.0 Å². The van der Waals surface area contributed by atoms with Gasteiger partial charge in [0.1, 0.15) is 18.4 Å². The van der Waals surface area contributed by atoms with Crippen molar-refractivity contribution in [2.75, 3.05) is 10.8 Å². The number of nitrogens with zero attached hydrogens (tertiary/aromatic N) is 2. The quantitative estimate of drug-likeness (QED) is 0.315. The van der Waals surface area contributed by atoms with Crippen LogP contribution in [0.1, 0.15) is 43.9 Å². The van der Waals surface area contributed by atoms with Gasteiger partial charge >= 0.3 is 0 Å². The summed E-state index contributed by atoms with van der Waals surface area (Å²) >= 11 is 6.34. The average molecular weight is 588 g/mol. The van der Waals surface area contributed by atoms with Crippen LogP contribution in [0.4, 0.5) is 10.1 Å². The molecule has 0 saturated carbocycles. The SMILES string of the molecule is CC[C@@H](C)NC(=O)[C@H](C)N(Cc1ccccc1F)C(=O)CN(c1ccc(C)c(Cl)c1)S(=O)(=O)c1ccc(C)cc1. The molecule has 0 aliphatic rings. The highest BCUT2D eigenvalue weighted by molar-refractivity contribution is 7.92. The molecule has 0 heterocycles. The maximum Gasteiger partial charge on any atom is 0.264 e. The van der Waals surface area contributed by atoms with E-state index in [0.29, 0.717) is 11.4 Å². The molecule has 3 aromatic carbocycles. The first-order valence-electron chi connectivity index (χ1n) is 13.0. The van der Waals surface area contributed by atoms with Crippen LogP contribution < -0.4 is 9.62 Å². The lowest BCUT2D eigenvalue weighted by Crippen LogP contribution is -2.52. The monoisotopic (exact) mass is 587 g/mol. The lowest BCUT2D eigenvalue weighted by atomic mass is 10.1. The van der Waals surface area contributed by atoms with Gasteiger partial charge in [-0.05, 0) is 70.0 Å². The van der Waals surface area contributed by atoms with Crippen LogP contribution in [0.25, 0.3) is 0 Å². The largest absolute Gasteiger partial charge is 0.352 e. The van der Waals surface area contributed by atoms with Gasteiger partial charge in [0, 0.05) is 23.2 Å². The fourth-order valence-electron chi connectivity index (χ4n) is 3.96. The summed E-state index contributed by atoms with van der Waals surface area (Å²) in [5, 5.41) is 3.18. The van der Waals surface area contributed by atoms with Crippen LogP contribution in [0, 0.1) is 19.7 Å². The number of anilines is 1. The summed E-state index contributed by atoms with van der Waals surface area (Å²) in [5.41, 5.74) is 2.00. The van der Waals surface area contributed by atoms with E-state index in [-0.39, 0.29) is 28.7 Å². The molecule has 3 rings (SSSR count). The third kappa shape index (κ3) is 7.40. The average Bonchev–Trinajstić information content (AvgIpc) is 2.92. The zero-order valence-corrected chi connectivity index (χ0v) is 24.9. The molecule has 0 aromatic heterocycles. The number of aryl methyl sites for hydroxylation is 2. The summed E-state index contributed by atoms with van der Waals surface area (Å²) in [6.45, 7) is 8.05. The molecular formula is C30H35ClFN3O4S. The van der Waals surface area contributed by atoms with E-state index in [0.717, 1.165) is 15.4 Å². The zero-order valence-electron chi connectivity index (χ0n) is 23.3. The number of halogens is 2. The second-order valence-electron chi connectivity index (χ2n) is 9.87. The van der Waals surface area contributed by atoms with Crippen molar-refractivity contribution in [2.24, 2.45) is 0 Å². The van der Waals surface area contributed by atoms with Crippen LogP contribution in [0.3, 0.4) is 0 Å². The Bertz CT molecular complexity index is 1460. The number of carbonyl (C=O) groups excluding carboxylic acids is 2. The number of hydrogen-bond acceptors (Lipinski definition) is 4. The maximum absolute atomic E-state index is 14.6. The van der Waals surface area contributed by atoms with E-state index in [4.69, 9.17) is 11.6 Å². The predicted octanol–water partition coefficient (Wildman–Crippen LogP) is 5.62. The first kappa shape index (κ1) is 31.1. The zero-order chi connectivity index (χ0) is 29.6. The van der Waals surface area contributed by atoms with Crippen molar-refractivity contribution in [2.45, 2.75) is 64.6 Å². The molecule has 0 unspecified atom stereocenters. The Morgan fingerprint density at radius 1 is 1.00 bits per heavy atom. The Balaban J connectivity index is 2.06. The molecule has 3 aromatic rings. The predicted molar refractivity (Wildman–Crippen MR) is 156 cm³/mol. The van der Waals surface area contributed by atoms with E-state index >= 15 is 0 Å². The molecule has 10 heteroatoms. The van der Waals surface area contributed by atoms with Gasteiger partial charge in [0.05, 0.1) is 10.6 Å². The van der Waals surface area contributed by atoms with E-state index < -0.39 is 40.2 Å². The minimum Gasteiger partial charge on any atom is -0.352 e. The fourth-order valence-corrected chi connectivity index (χ4v) is 5.54. The normalized spacial score (nSPS) is 12.9. The molecule has 0 radical (unpaired) electrons. The number of rotatable bonds is 11. The lowest BCUT2D eigenvalue weighted by Gasteiger charge is -2.32. The molecule has 2 atom stereocenters. The summed E-state index contributed by atoms with van der Waals surface area (Å²) in [5.74, 6) is -1.64. The van der Waals surface area contributed by atoms with Crippen molar-refractivity contribution in [1.29, 1.82) is 0 Å². The summed E-state index contributed by atoms with van der Waals surface area (Å²) in [4.78, 5) is 28.2. The third-order valence-corrected chi connectivity index (χ3v) is 8.99. The lowest BCUT2D eigenvalue weighted by molar-refractivity contribution is -0.139. The number of hydrogen-bond donors (Lipinski definition) is 1. The standard InChI is InChI=1S/C30H35ClFN3O4S/c1-6-22(4)33-30(37)23(5)34(18-24-9-7-8-10-28(24)32)29(36)19-35(25-14-13-21(3)27(31)17-25)40(38,39)26-15-11-20(2)12-16-26/h7-17,22-23H,6,18-19H2,1-5H3,(H,33,37)/t22-,23+/m1/s1. The molecule has 0 aliphatic heterocycles. The third-order valence-electron chi connectivity index (χ3n) is 6.80. The molecule has 40 heavy (non-hydrogen) atoms. The van der Waals surface area contributed by atoms with Crippen molar-refractivity contribution in [1.82, 2.24) is 10.2 Å². The van der Waals surface area contributed by atoms with Crippen molar-refractivity contribution < 1.29 is 22.4 Å². The van der Waals surface area contributed by atoms with E-state index in [9.17, 15) is 22.4 Å². The van der Waals surface area contributed by atoms with Crippen LogP contribution in [0.5, 0.6) is 0 Å². The molecule has 7 nitrogen and oxygen atoms in total. The summed E-state index contributed by atoms with van der Waals surface area (Å²) < 4.78 is 43.4. The number of benzene rings is 3. The molecule has 214 valence electrons. The molecule has 0 spiro atoms. The van der Waals surface area contributed by atoms with Crippen LogP contribution in [0.2, 0.25) is 5.02 Å². The Morgan fingerprint density at radius 3 is 2.25 bits per heavy atom. The molecule has 2 amide bonds. The van der Waals surface area contributed by atoms with Gasteiger partial charge in [0.2, 0.25) is 11.8 Å². The van der Waals surface area contributed by atoms with Gasteiger partial charge in [-0.15, -0.1) is 0 Å². The second-order valence-corrected chi connectivity index (χ2v) is 12.1. The van der Waals surface area contributed by atoms with Gasteiger partial charge in [-0.1, -0.05) is 60.5 Å². The van der Waals surface area contributed by atoms with Crippen molar-refractivity contribution in [3.8, 4) is 0 Å². The van der Waals surface area contributed by atoms with Crippen LogP contribution in [-0.2, 0) is 26.2 Å². The van der Waals surface area contributed by atoms with E-state index in [1.54, 1.807) is 37.3 Å². The number of carbonyl (C=O) groups is 2. The molecule has 0 fully saturated rings. The van der Waals surface area contributed by atoms with E-state index in [2.05, 4.69) is 5.32 Å². The summed E-state index contributed by atoms with van der Waals surface area (Å²) in [6, 6.07) is 15.8. The topological polar surface area (TPSA) is 86.8 Å². The highest BCUT2D eigenvalue weighted by atomic mass is 35.5. The first-order valence-corrected chi connectivity index (χ1v) is 14.9. The first-order chi connectivity index (χ1) is 18.8. The molecule has 1 N–H and O–H groups in total. The van der Waals surface area contributed by atoms with Gasteiger partial charge in [-0.2, -0.15) is 0 Å². The van der Waals surface area contributed by atoms with Gasteiger partial charge in [-0.3, -0.25) is 13.9 Å².